The zero-order valence-electron chi connectivity index (χ0n) is 10.4. The second-order valence-electron chi connectivity index (χ2n) is 5.15. The van der Waals surface area contributed by atoms with E-state index in [1.807, 2.05) is 12.1 Å². The van der Waals surface area contributed by atoms with Gasteiger partial charge in [-0.2, -0.15) is 5.26 Å². The van der Waals surface area contributed by atoms with Crippen molar-refractivity contribution in [1.29, 1.82) is 5.26 Å². The van der Waals surface area contributed by atoms with E-state index < -0.39 is 0 Å². The molecular weight excluding hydrogens is 226 g/mol. The Morgan fingerprint density at radius 2 is 2.22 bits per heavy atom. The third kappa shape index (κ3) is 1.95. The van der Waals surface area contributed by atoms with Crippen molar-refractivity contribution in [2.45, 2.75) is 31.3 Å². The quantitative estimate of drug-likeness (QED) is 0.758. The van der Waals surface area contributed by atoms with E-state index >= 15 is 0 Å². The zero-order chi connectivity index (χ0) is 12.4. The Kier molecular flexibility index (Phi) is 2.92. The minimum Gasteiger partial charge on any atom is -0.371 e. The number of hydrogen-bond donors (Lipinski definition) is 0. The molecule has 0 aromatic carbocycles. The maximum Gasteiger partial charge on any atom is 0.146 e. The molecule has 0 atom stereocenters. The van der Waals surface area contributed by atoms with E-state index in [1.54, 1.807) is 6.20 Å². The number of aromatic nitrogens is 1. The molecule has 2 fully saturated rings. The summed E-state index contributed by atoms with van der Waals surface area (Å²) in [6.07, 6.45) is 6.53. The van der Waals surface area contributed by atoms with Crippen LogP contribution < -0.4 is 4.90 Å². The number of anilines is 1. The van der Waals surface area contributed by atoms with Gasteiger partial charge < -0.3 is 9.64 Å². The summed E-state index contributed by atoms with van der Waals surface area (Å²) in [4.78, 5) is 6.59. The van der Waals surface area contributed by atoms with Crippen molar-refractivity contribution in [2.75, 3.05) is 24.6 Å². The molecule has 0 bridgehead atoms. The van der Waals surface area contributed by atoms with Crippen LogP contribution in [0.1, 0.15) is 31.2 Å². The molecule has 3 rings (SSSR count). The molecule has 1 aromatic heterocycles. The van der Waals surface area contributed by atoms with Gasteiger partial charge in [0.25, 0.3) is 0 Å². The van der Waals surface area contributed by atoms with Crippen LogP contribution in [0.15, 0.2) is 18.3 Å². The molecule has 4 heteroatoms. The van der Waals surface area contributed by atoms with Gasteiger partial charge in [0.1, 0.15) is 11.9 Å². The van der Waals surface area contributed by atoms with Crippen molar-refractivity contribution in [3.05, 3.63) is 23.9 Å². The number of morpholine rings is 1. The van der Waals surface area contributed by atoms with Gasteiger partial charge in [0.05, 0.1) is 17.8 Å². The Hall–Kier alpha value is -1.60. The molecule has 0 unspecified atom stereocenters. The summed E-state index contributed by atoms with van der Waals surface area (Å²) in [5.74, 6) is 0.814. The minimum absolute atomic E-state index is 0.0164. The lowest BCUT2D eigenvalue weighted by Crippen LogP contribution is -2.50. The van der Waals surface area contributed by atoms with Gasteiger partial charge in [-0.05, 0) is 25.0 Å². The monoisotopic (exact) mass is 243 g/mol. The van der Waals surface area contributed by atoms with Gasteiger partial charge in [0.2, 0.25) is 0 Å². The first-order valence-corrected chi connectivity index (χ1v) is 6.57. The van der Waals surface area contributed by atoms with Crippen LogP contribution in [-0.4, -0.2) is 30.3 Å². The minimum atomic E-state index is 0.0164. The van der Waals surface area contributed by atoms with Crippen molar-refractivity contribution in [2.24, 2.45) is 0 Å². The van der Waals surface area contributed by atoms with E-state index in [1.165, 1.54) is 12.8 Å². The Morgan fingerprint density at radius 3 is 3.00 bits per heavy atom. The Labute approximate surface area is 107 Å². The summed E-state index contributed by atoms with van der Waals surface area (Å²) in [7, 11) is 0. The first-order chi connectivity index (χ1) is 8.83. The van der Waals surface area contributed by atoms with Gasteiger partial charge in [0, 0.05) is 19.3 Å². The van der Waals surface area contributed by atoms with Crippen LogP contribution in [-0.2, 0) is 4.74 Å². The maximum absolute atomic E-state index is 9.16. The van der Waals surface area contributed by atoms with Crippen molar-refractivity contribution in [1.82, 2.24) is 4.98 Å². The fraction of sp³-hybridized carbons (Fsp3) is 0.571. The van der Waals surface area contributed by atoms with Crippen molar-refractivity contribution in [3.8, 4) is 6.07 Å². The highest BCUT2D eigenvalue weighted by atomic mass is 16.5. The summed E-state index contributed by atoms with van der Waals surface area (Å²) in [5.41, 5.74) is 0.676. The summed E-state index contributed by atoms with van der Waals surface area (Å²) in [5, 5.41) is 9.16. The first kappa shape index (κ1) is 11.5. The smallest absolute Gasteiger partial charge is 0.146 e. The van der Waals surface area contributed by atoms with E-state index in [0.717, 1.165) is 38.4 Å². The summed E-state index contributed by atoms with van der Waals surface area (Å²) in [6, 6.07) is 5.87. The molecule has 1 saturated carbocycles. The molecule has 0 N–H and O–H groups in total. The molecule has 1 aliphatic heterocycles. The lowest BCUT2D eigenvalue weighted by molar-refractivity contribution is -0.0503. The Bertz CT molecular complexity index is 474. The summed E-state index contributed by atoms with van der Waals surface area (Å²) in [6.45, 7) is 2.44. The van der Waals surface area contributed by atoms with E-state index in [2.05, 4.69) is 16.0 Å². The van der Waals surface area contributed by atoms with Gasteiger partial charge in [-0.25, -0.2) is 4.98 Å². The fourth-order valence-electron chi connectivity index (χ4n) is 3.08. The number of ether oxygens (including phenoxy) is 1. The average Bonchev–Trinajstić information content (AvgIpc) is 2.86. The molecule has 4 nitrogen and oxygen atoms in total. The van der Waals surface area contributed by atoms with Crippen LogP contribution in [0.4, 0.5) is 5.82 Å². The number of rotatable bonds is 1. The van der Waals surface area contributed by atoms with E-state index in [-0.39, 0.29) is 5.60 Å². The van der Waals surface area contributed by atoms with Gasteiger partial charge >= 0.3 is 0 Å². The number of nitriles is 1. The molecule has 94 valence electrons. The van der Waals surface area contributed by atoms with E-state index in [9.17, 15) is 0 Å². The number of hydrogen-bond acceptors (Lipinski definition) is 4. The zero-order valence-corrected chi connectivity index (χ0v) is 10.4. The van der Waals surface area contributed by atoms with Crippen LogP contribution in [0, 0.1) is 11.3 Å². The normalized spacial score (nSPS) is 22.1. The molecule has 18 heavy (non-hydrogen) atoms. The number of nitrogens with zero attached hydrogens (tertiary/aromatic N) is 3. The van der Waals surface area contributed by atoms with Gasteiger partial charge in [-0.3, -0.25) is 0 Å². The lowest BCUT2D eigenvalue weighted by atomic mass is 9.99. The van der Waals surface area contributed by atoms with Crippen molar-refractivity contribution >= 4 is 5.82 Å². The molecule has 0 radical (unpaired) electrons. The van der Waals surface area contributed by atoms with E-state index in [0.29, 0.717) is 5.56 Å². The molecule has 1 aliphatic carbocycles. The molecule has 0 amide bonds. The second-order valence-corrected chi connectivity index (χ2v) is 5.15. The highest BCUT2D eigenvalue weighted by Crippen LogP contribution is 2.37. The third-order valence-corrected chi connectivity index (χ3v) is 3.97. The van der Waals surface area contributed by atoms with Gasteiger partial charge in [-0.15, -0.1) is 0 Å². The van der Waals surface area contributed by atoms with Crippen LogP contribution in [0.3, 0.4) is 0 Å². The molecule has 1 spiro atoms. The predicted molar refractivity (Wildman–Crippen MR) is 68.3 cm³/mol. The third-order valence-electron chi connectivity index (χ3n) is 3.97. The van der Waals surface area contributed by atoms with Crippen molar-refractivity contribution < 1.29 is 4.74 Å². The summed E-state index contributed by atoms with van der Waals surface area (Å²) < 4.78 is 6.00. The SMILES string of the molecule is N#Cc1cccnc1N1CCOC2(CCCC2)C1. The predicted octanol–water partition coefficient (Wildman–Crippen LogP) is 2.10. The Balaban J connectivity index is 1.86. The average molecular weight is 243 g/mol. The first-order valence-electron chi connectivity index (χ1n) is 6.57. The van der Waals surface area contributed by atoms with Gasteiger partial charge in [0.15, 0.2) is 0 Å². The van der Waals surface area contributed by atoms with Crippen LogP contribution >= 0.6 is 0 Å². The van der Waals surface area contributed by atoms with Crippen LogP contribution in [0.2, 0.25) is 0 Å². The van der Waals surface area contributed by atoms with Gasteiger partial charge in [-0.1, -0.05) is 12.8 Å². The Morgan fingerprint density at radius 1 is 1.39 bits per heavy atom. The lowest BCUT2D eigenvalue weighted by Gasteiger charge is -2.41. The molecule has 2 heterocycles. The molecule has 2 aliphatic rings. The standard InChI is InChI=1S/C14H17N3O/c15-10-12-4-3-7-16-13(12)17-8-9-18-14(11-17)5-1-2-6-14/h3-4,7H,1-2,5-6,8-9,11H2. The second kappa shape index (κ2) is 4.58. The van der Waals surface area contributed by atoms with E-state index in [4.69, 9.17) is 10.00 Å². The van der Waals surface area contributed by atoms with Crippen molar-refractivity contribution in [3.63, 3.8) is 0 Å². The largest absolute Gasteiger partial charge is 0.371 e. The highest BCUT2D eigenvalue weighted by Gasteiger charge is 2.39. The maximum atomic E-state index is 9.16. The number of pyridine rings is 1. The molecule has 1 saturated heterocycles. The molecule has 1 aromatic rings. The highest BCUT2D eigenvalue weighted by molar-refractivity contribution is 5.54. The molecular formula is C14H17N3O. The van der Waals surface area contributed by atoms with Crippen LogP contribution in [0.25, 0.3) is 0 Å². The van der Waals surface area contributed by atoms with Crippen LogP contribution in [0.5, 0.6) is 0 Å². The fourth-order valence-corrected chi connectivity index (χ4v) is 3.08. The topological polar surface area (TPSA) is 49.2 Å². The summed E-state index contributed by atoms with van der Waals surface area (Å²) >= 11 is 0.